The molecule has 0 atom stereocenters. The third-order valence-corrected chi connectivity index (χ3v) is 7.68. The van der Waals surface area contributed by atoms with Gasteiger partial charge in [0.15, 0.2) is 15.7 Å². The van der Waals surface area contributed by atoms with Gasteiger partial charge in [0, 0.05) is 19.4 Å². The molecule has 34 heavy (non-hydrogen) atoms. The molecule has 2 aromatic heterocycles. The summed E-state index contributed by atoms with van der Waals surface area (Å²) in [6, 6.07) is 10.5. The number of nitrogens with zero attached hydrogens (tertiary/aromatic N) is 4. The van der Waals surface area contributed by atoms with Gasteiger partial charge in [0.1, 0.15) is 12.1 Å². The molecular weight excluding hydrogens is 459 g/mol. The number of carboxylic acid groups (broad SMARTS) is 1. The summed E-state index contributed by atoms with van der Waals surface area (Å²) in [6.07, 6.45) is 6.41. The van der Waals surface area contributed by atoms with E-state index in [1.165, 1.54) is 35.3 Å². The molecule has 1 aliphatic carbocycles. The van der Waals surface area contributed by atoms with Crippen molar-refractivity contribution in [3.63, 3.8) is 0 Å². The quantitative estimate of drug-likeness (QED) is 0.429. The Hall–Kier alpha value is -3.79. The van der Waals surface area contributed by atoms with Crippen molar-refractivity contribution in [3.05, 3.63) is 83.7 Å². The highest BCUT2D eigenvalue weighted by atomic mass is 32.2. The minimum atomic E-state index is -3.97. The van der Waals surface area contributed by atoms with Gasteiger partial charge in [-0.15, -0.1) is 0 Å². The minimum Gasteiger partial charge on any atom is -0.478 e. The molecule has 10 heteroatoms. The van der Waals surface area contributed by atoms with Gasteiger partial charge in [-0.1, -0.05) is 6.07 Å². The maximum Gasteiger partial charge on any atom is 0.335 e. The second-order valence-corrected chi connectivity index (χ2v) is 10.3. The lowest BCUT2D eigenvalue weighted by atomic mass is 10.1. The molecule has 0 radical (unpaired) electrons. The van der Waals surface area contributed by atoms with Gasteiger partial charge >= 0.3 is 5.97 Å². The Bertz CT molecular complexity index is 1510. The molecule has 0 bridgehead atoms. The van der Waals surface area contributed by atoms with Gasteiger partial charge in [0.25, 0.3) is 0 Å². The maximum atomic E-state index is 15.1. The summed E-state index contributed by atoms with van der Waals surface area (Å²) in [5.41, 5.74) is 1.40. The number of hydrogen-bond donors (Lipinski definition) is 1. The number of aryl methyl sites for hydroxylation is 1. The lowest BCUT2D eigenvalue weighted by Crippen LogP contribution is -2.12. The third kappa shape index (κ3) is 4.01. The number of hydrogen-bond acceptors (Lipinski definition) is 5. The number of carbonyl (C=O) groups is 1. The Balaban J connectivity index is 1.66. The zero-order valence-electron chi connectivity index (χ0n) is 18.2. The van der Waals surface area contributed by atoms with Crippen molar-refractivity contribution in [2.24, 2.45) is 7.05 Å². The zero-order chi connectivity index (χ0) is 24.0. The van der Waals surface area contributed by atoms with E-state index in [9.17, 15) is 18.3 Å². The monoisotopic (exact) mass is 480 g/mol. The van der Waals surface area contributed by atoms with Crippen LogP contribution in [0.1, 0.15) is 40.2 Å². The molecule has 5 rings (SSSR count). The molecule has 0 aliphatic heterocycles. The number of rotatable bonds is 7. The number of halogens is 1. The van der Waals surface area contributed by atoms with Gasteiger partial charge in [-0.05, 0) is 66.3 Å². The van der Waals surface area contributed by atoms with Crippen LogP contribution in [-0.2, 0) is 22.6 Å². The first kappa shape index (κ1) is 22.0. The highest BCUT2D eigenvalue weighted by Gasteiger charge is 2.32. The summed E-state index contributed by atoms with van der Waals surface area (Å²) in [7, 11) is -2.35. The van der Waals surface area contributed by atoms with Crippen molar-refractivity contribution >= 4 is 15.8 Å². The number of aromatic nitrogens is 4. The molecule has 0 spiro atoms. The molecule has 1 aliphatic rings. The minimum absolute atomic E-state index is 0.0119. The fourth-order valence-electron chi connectivity index (χ4n) is 4.12. The van der Waals surface area contributed by atoms with Crippen LogP contribution < -0.4 is 0 Å². The largest absolute Gasteiger partial charge is 0.478 e. The topological polar surface area (TPSA) is 107 Å². The Labute approximate surface area is 195 Å². The molecule has 0 amide bonds. The predicted octanol–water partition coefficient (Wildman–Crippen LogP) is 3.96. The van der Waals surface area contributed by atoms with E-state index in [4.69, 9.17) is 0 Å². The second kappa shape index (κ2) is 8.21. The molecule has 1 fully saturated rings. The van der Waals surface area contributed by atoms with Crippen LogP contribution in [0.2, 0.25) is 0 Å². The van der Waals surface area contributed by atoms with E-state index in [2.05, 4.69) is 10.1 Å². The van der Waals surface area contributed by atoms with Crippen LogP contribution in [0.25, 0.3) is 17.1 Å². The summed E-state index contributed by atoms with van der Waals surface area (Å²) in [5.74, 6) is -1.83. The van der Waals surface area contributed by atoms with Crippen molar-refractivity contribution < 1.29 is 22.7 Å². The van der Waals surface area contributed by atoms with Crippen LogP contribution in [-0.4, -0.2) is 38.8 Å². The van der Waals surface area contributed by atoms with Crippen LogP contribution in [0, 0.1) is 5.82 Å². The molecule has 8 nitrogen and oxygen atoms in total. The normalized spacial score (nSPS) is 13.8. The summed E-state index contributed by atoms with van der Waals surface area (Å²) in [5, 5.41) is 13.4. The first-order valence-corrected chi connectivity index (χ1v) is 12.3. The van der Waals surface area contributed by atoms with Gasteiger partial charge in [-0.25, -0.2) is 27.3 Å². The van der Waals surface area contributed by atoms with Crippen LogP contribution >= 0.6 is 0 Å². The molecule has 1 saturated carbocycles. The maximum absolute atomic E-state index is 15.1. The van der Waals surface area contributed by atoms with E-state index < -0.39 is 27.4 Å². The van der Waals surface area contributed by atoms with Gasteiger partial charge in [0.2, 0.25) is 0 Å². The van der Waals surface area contributed by atoms with Gasteiger partial charge in [0.05, 0.1) is 27.5 Å². The van der Waals surface area contributed by atoms with Crippen molar-refractivity contribution in [2.45, 2.75) is 29.4 Å². The van der Waals surface area contributed by atoms with Crippen molar-refractivity contribution in [1.82, 2.24) is 19.3 Å². The highest BCUT2D eigenvalue weighted by Crippen LogP contribution is 2.44. The van der Waals surface area contributed by atoms with E-state index in [0.29, 0.717) is 16.8 Å². The highest BCUT2D eigenvalue weighted by molar-refractivity contribution is 7.90. The second-order valence-electron chi connectivity index (χ2n) is 8.35. The van der Waals surface area contributed by atoms with E-state index in [-0.39, 0.29) is 27.8 Å². The summed E-state index contributed by atoms with van der Waals surface area (Å²) in [4.78, 5) is 15.6. The van der Waals surface area contributed by atoms with Crippen LogP contribution in [0.15, 0.2) is 66.1 Å². The Kier molecular flexibility index (Phi) is 5.32. The molecule has 174 valence electrons. The average Bonchev–Trinajstić information content (AvgIpc) is 3.32. The van der Waals surface area contributed by atoms with Gasteiger partial charge in [-0.3, -0.25) is 0 Å². The summed E-state index contributed by atoms with van der Waals surface area (Å²) >= 11 is 0. The number of carboxylic acids is 1. The standard InChI is InChI=1S/C24H21FN4O4S/c1-28-23(26-14-27-28)19-10-17(21(12-20(19)25)29-8-2-3-9-29)13-34(32,33)22-11-16(24(30)31)6-7-18(22)15-4-5-15/h2-3,6-12,14-15H,4-5,13H2,1H3,(H,30,31). The molecule has 4 aromatic rings. The van der Waals surface area contributed by atoms with Gasteiger partial charge < -0.3 is 9.67 Å². The molecule has 0 saturated heterocycles. The Morgan fingerprint density at radius 2 is 1.91 bits per heavy atom. The van der Waals surface area contributed by atoms with E-state index in [0.717, 1.165) is 12.8 Å². The predicted molar refractivity (Wildman–Crippen MR) is 122 cm³/mol. The SMILES string of the molecule is Cn1ncnc1-c1cc(CS(=O)(=O)c2cc(C(=O)O)ccc2C2CC2)c(-n2cccc2)cc1F. The van der Waals surface area contributed by atoms with Crippen LogP contribution in [0.4, 0.5) is 4.39 Å². The molecule has 1 N–H and O–H groups in total. The molecule has 2 aromatic carbocycles. The van der Waals surface area contributed by atoms with E-state index in [1.54, 1.807) is 42.2 Å². The first-order valence-electron chi connectivity index (χ1n) is 10.6. The Morgan fingerprint density at radius 3 is 2.53 bits per heavy atom. The Morgan fingerprint density at radius 1 is 1.18 bits per heavy atom. The van der Waals surface area contributed by atoms with Gasteiger partial charge in [-0.2, -0.15) is 5.10 Å². The van der Waals surface area contributed by atoms with Crippen molar-refractivity contribution in [1.29, 1.82) is 0 Å². The lowest BCUT2D eigenvalue weighted by Gasteiger charge is -2.16. The van der Waals surface area contributed by atoms with Crippen molar-refractivity contribution in [3.8, 4) is 17.1 Å². The zero-order valence-corrected chi connectivity index (χ0v) is 19.0. The lowest BCUT2D eigenvalue weighted by molar-refractivity contribution is 0.0696. The van der Waals surface area contributed by atoms with E-state index >= 15 is 4.39 Å². The fourth-order valence-corrected chi connectivity index (χ4v) is 5.82. The smallest absolute Gasteiger partial charge is 0.335 e. The van der Waals surface area contributed by atoms with Crippen LogP contribution in [0.3, 0.4) is 0 Å². The number of sulfone groups is 1. The molecule has 0 unspecified atom stereocenters. The average molecular weight is 481 g/mol. The number of benzene rings is 2. The molecular formula is C24H21FN4O4S. The molecule has 2 heterocycles. The van der Waals surface area contributed by atoms with Crippen molar-refractivity contribution in [2.75, 3.05) is 0 Å². The first-order chi connectivity index (χ1) is 16.2. The summed E-state index contributed by atoms with van der Waals surface area (Å²) in [6.45, 7) is 0. The van der Waals surface area contributed by atoms with E-state index in [1.807, 2.05) is 0 Å². The fraction of sp³-hybridized carbons (Fsp3) is 0.208. The third-order valence-electron chi connectivity index (χ3n) is 5.96. The van der Waals surface area contributed by atoms with Crippen LogP contribution in [0.5, 0.6) is 0 Å². The summed E-state index contributed by atoms with van der Waals surface area (Å²) < 4.78 is 45.5. The number of aromatic carboxylic acids is 1.